The number of hydrogen-bond donors (Lipinski definition) is 4. The van der Waals surface area contributed by atoms with Crippen molar-refractivity contribution in [1.82, 2.24) is 0 Å². The Labute approximate surface area is 68.1 Å². The number of alkyl halides is 1. The summed E-state index contributed by atoms with van der Waals surface area (Å²) in [7, 11) is 0. The zero-order chi connectivity index (χ0) is 9.72. The van der Waals surface area contributed by atoms with Gasteiger partial charge in [-0.2, -0.15) is 0 Å². The maximum atomic E-state index is 12.6. The molecule has 0 aromatic rings. The van der Waals surface area contributed by atoms with Crippen molar-refractivity contribution in [3.05, 3.63) is 0 Å². The van der Waals surface area contributed by atoms with Crippen LogP contribution in [0, 0.1) is 0 Å². The lowest BCUT2D eigenvalue weighted by atomic mass is 10.1. The number of aliphatic hydroxyl groups is 4. The van der Waals surface area contributed by atoms with Crippen LogP contribution >= 0.6 is 0 Å². The molecule has 0 aliphatic carbocycles. The maximum absolute atomic E-state index is 12.6. The summed E-state index contributed by atoms with van der Waals surface area (Å²) in [6.07, 6.45) is -8.03. The van der Waals surface area contributed by atoms with Crippen LogP contribution in [0.2, 0.25) is 0 Å². The summed E-state index contributed by atoms with van der Waals surface area (Å²) in [6.45, 7) is -0.840. The zero-order valence-corrected chi connectivity index (χ0v) is 6.17. The van der Waals surface area contributed by atoms with Crippen LogP contribution in [0.15, 0.2) is 0 Å². The van der Waals surface area contributed by atoms with Gasteiger partial charge in [-0.3, -0.25) is 0 Å². The monoisotopic (exact) mass is 182 g/mol. The molecule has 0 bridgehead atoms. The normalized spacial score (nSPS) is 21.1. The van der Waals surface area contributed by atoms with Gasteiger partial charge in [0, 0.05) is 0 Å². The van der Waals surface area contributed by atoms with Crippen molar-refractivity contribution in [3.63, 3.8) is 0 Å². The lowest BCUT2D eigenvalue weighted by molar-refractivity contribution is -0.126. The predicted octanol–water partition coefficient (Wildman–Crippen LogP) is -2.40. The molecule has 0 amide bonds. The summed E-state index contributed by atoms with van der Waals surface area (Å²) in [6, 6.07) is 0. The Kier molecular flexibility index (Phi) is 4.91. The zero-order valence-electron chi connectivity index (χ0n) is 6.17. The largest absolute Gasteiger partial charge is 0.394 e. The number of aliphatic hydroxyl groups excluding tert-OH is 4. The van der Waals surface area contributed by atoms with Crippen molar-refractivity contribution in [2.45, 2.75) is 24.5 Å². The highest BCUT2D eigenvalue weighted by Crippen LogP contribution is 2.07. The Bertz CT molecular complexity index is 142. The third-order valence-corrected chi connectivity index (χ3v) is 1.37. The van der Waals surface area contributed by atoms with Crippen LogP contribution in [0.1, 0.15) is 0 Å². The minimum atomic E-state index is -2.29. The van der Waals surface area contributed by atoms with Crippen molar-refractivity contribution in [2.75, 3.05) is 6.61 Å². The first-order valence-electron chi connectivity index (χ1n) is 3.29. The molecule has 0 radical (unpaired) electrons. The minimum Gasteiger partial charge on any atom is -0.394 e. The molecule has 6 heteroatoms. The van der Waals surface area contributed by atoms with Gasteiger partial charge in [0.2, 0.25) is 0 Å². The molecule has 72 valence electrons. The van der Waals surface area contributed by atoms with E-state index in [4.69, 9.17) is 20.4 Å². The fraction of sp³-hybridized carbons (Fsp3) is 0.833. The highest BCUT2D eigenvalue weighted by atomic mass is 19.1. The second kappa shape index (κ2) is 5.15. The number of halogens is 1. The van der Waals surface area contributed by atoms with Crippen molar-refractivity contribution in [1.29, 1.82) is 0 Å². The molecule has 4 atom stereocenters. The first-order chi connectivity index (χ1) is 5.54. The van der Waals surface area contributed by atoms with E-state index in [2.05, 4.69) is 0 Å². The lowest BCUT2D eigenvalue weighted by Crippen LogP contribution is -2.43. The summed E-state index contributed by atoms with van der Waals surface area (Å²) < 4.78 is 12.6. The molecule has 4 N–H and O–H groups in total. The number of hydrogen-bond acceptors (Lipinski definition) is 5. The molecule has 0 unspecified atom stereocenters. The van der Waals surface area contributed by atoms with Crippen molar-refractivity contribution in [2.24, 2.45) is 0 Å². The summed E-state index contributed by atoms with van der Waals surface area (Å²) in [5.41, 5.74) is 0. The molecule has 12 heavy (non-hydrogen) atoms. The van der Waals surface area contributed by atoms with Crippen LogP contribution in [-0.4, -0.2) is 57.8 Å². The quantitative estimate of drug-likeness (QED) is 0.355. The first kappa shape index (κ1) is 11.4. The summed E-state index contributed by atoms with van der Waals surface area (Å²) in [5.74, 6) is 0. The molecule has 0 fully saturated rings. The standard InChI is InChI=1S/C6H11FO5/c7-5(3(10)1-8)6(12)4(11)2-9/h1,3-6,9-12H,2H2/t3-,4+,5-,6-/m0/s1. The van der Waals surface area contributed by atoms with E-state index in [9.17, 15) is 9.18 Å². The van der Waals surface area contributed by atoms with Gasteiger partial charge in [-0.25, -0.2) is 4.39 Å². The Hall–Kier alpha value is -0.560. The van der Waals surface area contributed by atoms with Gasteiger partial charge in [0.15, 0.2) is 12.5 Å². The van der Waals surface area contributed by atoms with Gasteiger partial charge in [0.1, 0.15) is 18.3 Å². The van der Waals surface area contributed by atoms with Crippen LogP contribution < -0.4 is 0 Å². The van der Waals surface area contributed by atoms with Gasteiger partial charge >= 0.3 is 0 Å². The minimum absolute atomic E-state index is 0.0992. The number of carbonyl (C=O) groups excluding carboxylic acids is 1. The molecule has 0 saturated carbocycles. The second-order valence-corrected chi connectivity index (χ2v) is 2.31. The Morgan fingerprint density at radius 2 is 1.83 bits per heavy atom. The average Bonchev–Trinajstić information content (AvgIpc) is 2.12. The van der Waals surface area contributed by atoms with E-state index in [1.807, 2.05) is 0 Å². The molecule has 0 aliphatic heterocycles. The van der Waals surface area contributed by atoms with Gasteiger partial charge in [0.05, 0.1) is 6.61 Å². The van der Waals surface area contributed by atoms with E-state index in [-0.39, 0.29) is 6.29 Å². The van der Waals surface area contributed by atoms with Gasteiger partial charge in [0.25, 0.3) is 0 Å². The van der Waals surface area contributed by atoms with Crippen LogP contribution in [0.25, 0.3) is 0 Å². The predicted molar refractivity (Wildman–Crippen MR) is 36.1 cm³/mol. The van der Waals surface area contributed by atoms with Crippen LogP contribution in [0.4, 0.5) is 4.39 Å². The summed E-state index contributed by atoms with van der Waals surface area (Å²) >= 11 is 0. The SMILES string of the molecule is O=C[C@H](O)[C@H](F)[C@@H](O)[C@H](O)CO. The average molecular weight is 182 g/mol. The van der Waals surface area contributed by atoms with Crippen molar-refractivity contribution < 1.29 is 29.6 Å². The van der Waals surface area contributed by atoms with Crippen LogP contribution in [0.5, 0.6) is 0 Å². The molecular formula is C6H11FO5. The molecule has 0 aromatic heterocycles. The molecule has 5 nitrogen and oxygen atoms in total. The summed E-state index contributed by atoms with van der Waals surface area (Å²) in [5, 5.41) is 34.3. The third-order valence-electron chi connectivity index (χ3n) is 1.37. The topological polar surface area (TPSA) is 98.0 Å². The first-order valence-corrected chi connectivity index (χ1v) is 3.29. The Balaban J connectivity index is 4.07. The Morgan fingerprint density at radius 1 is 1.33 bits per heavy atom. The van der Waals surface area contributed by atoms with E-state index < -0.39 is 31.1 Å². The molecule has 0 aliphatic rings. The fourth-order valence-corrected chi connectivity index (χ4v) is 0.597. The number of carbonyl (C=O) groups is 1. The van der Waals surface area contributed by atoms with Crippen molar-refractivity contribution >= 4 is 6.29 Å². The van der Waals surface area contributed by atoms with E-state index >= 15 is 0 Å². The fourth-order valence-electron chi connectivity index (χ4n) is 0.597. The van der Waals surface area contributed by atoms with E-state index in [1.165, 1.54) is 0 Å². The van der Waals surface area contributed by atoms with Gasteiger partial charge < -0.3 is 25.2 Å². The third kappa shape index (κ3) is 2.82. The number of rotatable bonds is 5. The smallest absolute Gasteiger partial charge is 0.161 e. The lowest BCUT2D eigenvalue weighted by Gasteiger charge is -2.20. The summed E-state index contributed by atoms with van der Waals surface area (Å²) in [4.78, 5) is 9.82. The van der Waals surface area contributed by atoms with E-state index in [0.717, 1.165) is 0 Å². The van der Waals surface area contributed by atoms with Crippen LogP contribution in [0.3, 0.4) is 0 Å². The number of aldehydes is 1. The Morgan fingerprint density at radius 3 is 2.17 bits per heavy atom. The van der Waals surface area contributed by atoms with E-state index in [1.54, 1.807) is 0 Å². The van der Waals surface area contributed by atoms with Crippen LogP contribution in [-0.2, 0) is 4.79 Å². The molecule has 0 saturated heterocycles. The molecule has 0 rings (SSSR count). The highest BCUT2D eigenvalue weighted by Gasteiger charge is 2.31. The van der Waals surface area contributed by atoms with Gasteiger partial charge in [-0.1, -0.05) is 0 Å². The maximum Gasteiger partial charge on any atom is 0.161 e. The van der Waals surface area contributed by atoms with Gasteiger partial charge in [-0.05, 0) is 0 Å². The molecular weight excluding hydrogens is 171 g/mol. The molecule has 0 aromatic carbocycles. The van der Waals surface area contributed by atoms with Crippen molar-refractivity contribution in [3.8, 4) is 0 Å². The second-order valence-electron chi connectivity index (χ2n) is 2.31. The highest BCUT2D eigenvalue weighted by molar-refractivity contribution is 5.56. The van der Waals surface area contributed by atoms with E-state index in [0.29, 0.717) is 0 Å². The molecule has 0 spiro atoms. The van der Waals surface area contributed by atoms with Gasteiger partial charge in [-0.15, -0.1) is 0 Å². The molecule has 0 heterocycles.